The molecule has 1 aliphatic carbocycles. The Kier molecular flexibility index (Phi) is 9.19. The topological polar surface area (TPSA) is 83.7 Å². The summed E-state index contributed by atoms with van der Waals surface area (Å²) in [5.41, 5.74) is 4.80. The van der Waals surface area contributed by atoms with Crippen LogP contribution in [0.4, 0.5) is 10.7 Å². The van der Waals surface area contributed by atoms with E-state index in [9.17, 15) is 10.1 Å². The van der Waals surface area contributed by atoms with Gasteiger partial charge in [0, 0.05) is 27.4 Å². The Morgan fingerprint density at radius 2 is 1.91 bits per heavy atom. The van der Waals surface area contributed by atoms with Crippen molar-refractivity contribution in [1.29, 1.82) is 5.26 Å². The van der Waals surface area contributed by atoms with Gasteiger partial charge in [-0.3, -0.25) is 4.79 Å². The Labute approximate surface area is 262 Å². The number of benzene rings is 3. The van der Waals surface area contributed by atoms with Gasteiger partial charge in [0.2, 0.25) is 0 Å². The molecule has 6 nitrogen and oxygen atoms in total. The lowest BCUT2D eigenvalue weighted by atomic mass is 9.72. The van der Waals surface area contributed by atoms with Crippen LogP contribution in [0.15, 0.2) is 71.7 Å². The summed E-state index contributed by atoms with van der Waals surface area (Å²) in [7, 11) is 1.59. The number of carbonyl (C=O) groups is 1. The molecule has 1 aromatic heterocycles. The van der Waals surface area contributed by atoms with Crippen molar-refractivity contribution >= 4 is 45.7 Å². The predicted octanol–water partition coefficient (Wildman–Crippen LogP) is 9.01. The van der Waals surface area contributed by atoms with Gasteiger partial charge >= 0.3 is 0 Å². The van der Waals surface area contributed by atoms with Crippen LogP contribution in [-0.4, -0.2) is 19.2 Å². The van der Waals surface area contributed by atoms with Crippen molar-refractivity contribution in [2.75, 3.05) is 12.4 Å². The maximum Gasteiger partial charge on any atom is 0.259 e. The fraction of sp³-hybridized carbons (Fsp3) is 0.286. The molecule has 0 spiro atoms. The van der Waals surface area contributed by atoms with Gasteiger partial charge in [-0.05, 0) is 90.3 Å². The number of hydrogen-bond donors (Lipinski definition) is 1. The average molecular weight is 612 g/mol. The average Bonchev–Trinajstić information content (AvgIpc) is 3.38. The van der Waals surface area contributed by atoms with Crippen molar-refractivity contribution in [3.63, 3.8) is 0 Å². The second-order valence-electron chi connectivity index (χ2n) is 11.7. The van der Waals surface area contributed by atoms with Crippen LogP contribution in [0.2, 0.25) is 5.02 Å². The molecule has 0 unspecified atom stereocenters. The first kappa shape index (κ1) is 30.3. The van der Waals surface area contributed by atoms with E-state index in [1.54, 1.807) is 55.0 Å². The summed E-state index contributed by atoms with van der Waals surface area (Å²) < 4.78 is 11.6. The molecule has 1 atom stereocenters. The molecule has 220 valence electrons. The van der Waals surface area contributed by atoms with Crippen LogP contribution >= 0.6 is 22.9 Å². The van der Waals surface area contributed by atoms with Crippen LogP contribution in [0.1, 0.15) is 64.7 Å². The lowest BCUT2D eigenvalue weighted by Gasteiger charge is -2.33. The molecule has 1 N–H and O–H groups in total. The minimum absolute atomic E-state index is 0.167. The lowest BCUT2D eigenvalue weighted by Crippen LogP contribution is -2.27. The maximum atomic E-state index is 13.7. The number of fused-ring (bicyclic) bond motifs is 1. The van der Waals surface area contributed by atoms with E-state index in [4.69, 9.17) is 26.1 Å². The van der Waals surface area contributed by atoms with Crippen LogP contribution < -0.4 is 14.8 Å². The molecule has 1 amide bonds. The maximum absolute atomic E-state index is 13.7. The summed E-state index contributed by atoms with van der Waals surface area (Å²) >= 11 is 7.65. The van der Waals surface area contributed by atoms with E-state index in [2.05, 4.69) is 32.2 Å². The predicted molar refractivity (Wildman–Crippen MR) is 174 cm³/mol. The number of thiophene rings is 1. The van der Waals surface area contributed by atoms with Crippen LogP contribution in [-0.2, 0) is 19.4 Å². The third-order valence-electron chi connectivity index (χ3n) is 7.84. The fourth-order valence-corrected chi connectivity index (χ4v) is 6.68. The lowest BCUT2D eigenvalue weighted by molar-refractivity contribution is 0.102. The normalized spacial score (nSPS) is 14.7. The molecular weight excluding hydrogens is 578 g/mol. The van der Waals surface area contributed by atoms with Gasteiger partial charge in [0.25, 0.3) is 5.91 Å². The summed E-state index contributed by atoms with van der Waals surface area (Å²) in [5.74, 6) is 1.49. The fourth-order valence-electron chi connectivity index (χ4n) is 5.29. The molecule has 8 heteroatoms. The molecular formula is C35H34ClN3O3S. The Morgan fingerprint density at radius 3 is 2.63 bits per heavy atom. The number of nitrogens with one attached hydrogen (secondary N) is 1. The molecule has 0 saturated carbocycles. The minimum Gasteiger partial charge on any atom is -0.493 e. The van der Waals surface area contributed by atoms with Crippen LogP contribution in [0.25, 0.3) is 0 Å². The Balaban J connectivity index is 1.41. The first-order valence-electron chi connectivity index (χ1n) is 14.2. The number of aliphatic imine (C=N–C) groups is 1. The molecule has 1 heterocycles. The number of hydrogen-bond acceptors (Lipinski definition) is 6. The Morgan fingerprint density at radius 1 is 1.14 bits per heavy atom. The summed E-state index contributed by atoms with van der Waals surface area (Å²) in [6.07, 6.45) is 4.58. The second-order valence-corrected chi connectivity index (χ2v) is 13.2. The monoisotopic (exact) mass is 611 g/mol. The highest BCUT2D eigenvalue weighted by Crippen LogP contribution is 2.45. The van der Waals surface area contributed by atoms with Gasteiger partial charge in [-0.15, -0.1) is 11.3 Å². The number of nitriles is 1. The highest BCUT2D eigenvalue weighted by atomic mass is 35.5. The van der Waals surface area contributed by atoms with E-state index in [1.165, 1.54) is 4.88 Å². The summed E-state index contributed by atoms with van der Waals surface area (Å²) in [5, 5.41) is 13.7. The van der Waals surface area contributed by atoms with Gasteiger partial charge in [0.1, 0.15) is 11.6 Å². The van der Waals surface area contributed by atoms with Gasteiger partial charge in [-0.1, -0.05) is 50.6 Å². The molecule has 0 radical (unpaired) electrons. The first-order chi connectivity index (χ1) is 20.7. The van der Waals surface area contributed by atoms with Crippen molar-refractivity contribution in [2.24, 2.45) is 16.3 Å². The molecule has 0 aliphatic heterocycles. The van der Waals surface area contributed by atoms with Gasteiger partial charge in [0.15, 0.2) is 11.5 Å². The van der Waals surface area contributed by atoms with Crippen molar-refractivity contribution in [1.82, 2.24) is 0 Å². The van der Waals surface area contributed by atoms with Crippen LogP contribution in [0, 0.1) is 22.7 Å². The van der Waals surface area contributed by atoms with E-state index in [1.807, 2.05) is 36.4 Å². The van der Waals surface area contributed by atoms with Gasteiger partial charge < -0.3 is 14.8 Å². The van der Waals surface area contributed by atoms with E-state index in [0.717, 1.165) is 36.0 Å². The standard InChI is InChI=1S/C35H34ClN3O3S/c1-35(2,3)25-10-15-28-31(18-25)43-34(32(28)33(40)39-27-13-11-26(36)12-14-27)38-20-22-9-16-29(30(17-22)41-4)42-21-24-8-6-5-7-23(24)19-37/h5-9,11-14,16-17,20,25H,10,15,18,21H2,1-4H3,(H,39,40)/t25-/m1/s1. The summed E-state index contributed by atoms with van der Waals surface area (Å²) in [6.45, 7) is 7.10. The zero-order valence-electron chi connectivity index (χ0n) is 24.7. The number of methoxy groups -OCH3 is 1. The molecule has 4 aromatic rings. The van der Waals surface area contributed by atoms with E-state index in [0.29, 0.717) is 44.3 Å². The molecule has 43 heavy (non-hydrogen) atoms. The molecule has 0 saturated heterocycles. The SMILES string of the molecule is COc1cc(C=Nc2sc3c(c2C(=O)Nc2ccc(Cl)cc2)CC[C@@H](C(C)(C)C)C3)ccc1OCc1ccccc1C#N. The number of rotatable bonds is 8. The van der Waals surface area contributed by atoms with Crippen molar-refractivity contribution in [2.45, 2.75) is 46.6 Å². The molecule has 1 aliphatic rings. The smallest absolute Gasteiger partial charge is 0.259 e. The molecule has 5 rings (SSSR count). The van der Waals surface area contributed by atoms with Crippen molar-refractivity contribution in [3.8, 4) is 17.6 Å². The Bertz CT molecular complexity index is 1700. The third kappa shape index (κ3) is 7.10. The highest BCUT2D eigenvalue weighted by molar-refractivity contribution is 7.16. The minimum atomic E-state index is -0.167. The largest absolute Gasteiger partial charge is 0.493 e. The second kappa shape index (κ2) is 13.0. The quantitative estimate of drug-likeness (QED) is 0.201. The molecule has 0 fully saturated rings. The number of nitrogens with zero attached hydrogens (tertiary/aromatic N) is 2. The van der Waals surface area contributed by atoms with Gasteiger partial charge in [-0.2, -0.15) is 5.26 Å². The number of anilines is 1. The number of ether oxygens (including phenoxy) is 2. The van der Waals surface area contributed by atoms with Crippen molar-refractivity contribution in [3.05, 3.63) is 104 Å². The van der Waals surface area contributed by atoms with E-state index >= 15 is 0 Å². The van der Waals surface area contributed by atoms with Crippen LogP contribution in [0.3, 0.4) is 0 Å². The third-order valence-corrected chi connectivity index (χ3v) is 9.25. The first-order valence-corrected chi connectivity index (χ1v) is 15.4. The van der Waals surface area contributed by atoms with E-state index < -0.39 is 0 Å². The highest BCUT2D eigenvalue weighted by Gasteiger charge is 2.33. The van der Waals surface area contributed by atoms with Crippen molar-refractivity contribution < 1.29 is 14.3 Å². The number of halogens is 1. The summed E-state index contributed by atoms with van der Waals surface area (Å²) in [4.78, 5) is 19.7. The van der Waals surface area contributed by atoms with Crippen LogP contribution in [0.5, 0.6) is 11.5 Å². The van der Waals surface area contributed by atoms with Gasteiger partial charge in [0.05, 0.1) is 24.3 Å². The summed E-state index contributed by atoms with van der Waals surface area (Å²) in [6, 6.07) is 22.2. The van der Waals surface area contributed by atoms with E-state index in [-0.39, 0.29) is 17.9 Å². The zero-order valence-corrected chi connectivity index (χ0v) is 26.3. The number of carbonyl (C=O) groups excluding carboxylic acids is 1. The zero-order chi connectivity index (χ0) is 30.6. The number of amides is 1. The van der Waals surface area contributed by atoms with Gasteiger partial charge in [-0.25, -0.2) is 4.99 Å². The Hall–Kier alpha value is -4.12. The molecule has 0 bridgehead atoms. The molecule has 3 aromatic carbocycles.